The molecule has 0 aliphatic carbocycles. The lowest BCUT2D eigenvalue weighted by Gasteiger charge is -2.20. The van der Waals surface area contributed by atoms with Gasteiger partial charge in [-0.25, -0.2) is 4.57 Å². The SMILES string of the molecule is CCCCCCCCCC(=O)OC[C@H](COP(=O)(O)OC[C@@H](O)CO)OC(=O)CCCCCC. The van der Waals surface area contributed by atoms with Gasteiger partial charge in [0.05, 0.1) is 19.8 Å². The third-order valence-electron chi connectivity index (χ3n) is 5.01. The van der Waals surface area contributed by atoms with E-state index >= 15 is 0 Å². The minimum absolute atomic E-state index is 0.179. The molecule has 10 nitrogen and oxygen atoms in total. The standard InChI is InChI=1S/C23H45O10P/c1-3-5-7-9-10-11-13-14-22(26)30-18-21(33-23(27)15-12-8-6-4-2)19-32-34(28,29)31-17-20(25)16-24/h20-21,24-25H,3-19H2,1-2H3,(H,28,29)/t20-,21+/m0/s1. The van der Waals surface area contributed by atoms with Crippen molar-refractivity contribution >= 4 is 19.8 Å². The van der Waals surface area contributed by atoms with Crippen LogP contribution in [0.4, 0.5) is 0 Å². The molecule has 3 atom stereocenters. The van der Waals surface area contributed by atoms with Crippen LogP contribution in [0.15, 0.2) is 0 Å². The van der Waals surface area contributed by atoms with E-state index in [0.717, 1.165) is 38.5 Å². The third-order valence-corrected chi connectivity index (χ3v) is 5.96. The fourth-order valence-electron chi connectivity index (χ4n) is 2.99. The lowest BCUT2D eigenvalue weighted by molar-refractivity contribution is -0.161. The van der Waals surface area contributed by atoms with Crippen LogP contribution in [-0.2, 0) is 32.7 Å². The normalized spacial score (nSPS) is 14.9. The van der Waals surface area contributed by atoms with Crippen molar-refractivity contribution in [3.8, 4) is 0 Å². The molecular weight excluding hydrogens is 467 g/mol. The first-order chi connectivity index (χ1) is 16.2. The van der Waals surface area contributed by atoms with Crippen LogP contribution in [0.3, 0.4) is 0 Å². The van der Waals surface area contributed by atoms with E-state index in [1.807, 2.05) is 0 Å². The summed E-state index contributed by atoms with van der Waals surface area (Å²) in [7, 11) is -4.57. The Bertz CT molecular complexity index is 572. The zero-order chi connectivity index (χ0) is 25.7. The number of aliphatic hydroxyl groups is 2. The van der Waals surface area contributed by atoms with Gasteiger partial charge in [0.25, 0.3) is 0 Å². The van der Waals surface area contributed by atoms with Crippen LogP contribution in [0.25, 0.3) is 0 Å². The van der Waals surface area contributed by atoms with Gasteiger partial charge in [0, 0.05) is 12.8 Å². The Morgan fingerprint density at radius 2 is 1.26 bits per heavy atom. The largest absolute Gasteiger partial charge is 0.472 e. The van der Waals surface area contributed by atoms with Gasteiger partial charge >= 0.3 is 19.8 Å². The fourth-order valence-corrected chi connectivity index (χ4v) is 3.78. The summed E-state index contributed by atoms with van der Waals surface area (Å²) in [4.78, 5) is 33.9. The van der Waals surface area contributed by atoms with Gasteiger partial charge in [-0.3, -0.25) is 18.6 Å². The summed E-state index contributed by atoms with van der Waals surface area (Å²) in [5.41, 5.74) is 0. The van der Waals surface area contributed by atoms with Crippen molar-refractivity contribution in [2.24, 2.45) is 0 Å². The Balaban J connectivity index is 4.53. The van der Waals surface area contributed by atoms with Crippen molar-refractivity contribution in [2.75, 3.05) is 26.4 Å². The van der Waals surface area contributed by atoms with Gasteiger partial charge in [-0.1, -0.05) is 71.6 Å². The molecule has 0 aliphatic heterocycles. The van der Waals surface area contributed by atoms with Crippen molar-refractivity contribution in [1.29, 1.82) is 0 Å². The quantitative estimate of drug-likeness (QED) is 0.104. The van der Waals surface area contributed by atoms with E-state index in [9.17, 15) is 24.2 Å². The summed E-state index contributed by atoms with van der Waals surface area (Å²) in [6.45, 7) is 2.11. The first-order valence-corrected chi connectivity index (χ1v) is 14.0. The van der Waals surface area contributed by atoms with Gasteiger partial charge in [0.2, 0.25) is 0 Å². The Morgan fingerprint density at radius 1 is 0.765 bits per heavy atom. The molecule has 0 rings (SSSR count). The summed E-state index contributed by atoms with van der Waals surface area (Å²) in [5, 5.41) is 18.0. The van der Waals surface area contributed by atoms with Crippen molar-refractivity contribution in [3.63, 3.8) is 0 Å². The van der Waals surface area contributed by atoms with E-state index in [-0.39, 0.29) is 19.4 Å². The fraction of sp³-hybridized carbons (Fsp3) is 0.913. The molecule has 0 aliphatic rings. The minimum Gasteiger partial charge on any atom is -0.462 e. The first kappa shape index (κ1) is 33.0. The molecule has 0 aromatic rings. The Morgan fingerprint density at radius 3 is 1.85 bits per heavy atom. The van der Waals surface area contributed by atoms with E-state index in [1.54, 1.807) is 0 Å². The number of unbranched alkanes of at least 4 members (excludes halogenated alkanes) is 9. The monoisotopic (exact) mass is 512 g/mol. The van der Waals surface area contributed by atoms with Gasteiger partial charge in [0.1, 0.15) is 12.7 Å². The molecule has 11 heteroatoms. The van der Waals surface area contributed by atoms with E-state index in [4.69, 9.17) is 19.1 Å². The average molecular weight is 513 g/mol. The molecule has 0 saturated carbocycles. The molecule has 34 heavy (non-hydrogen) atoms. The summed E-state index contributed by atoms with van der Waals surface area (Å²) in [5.74, 6) is -0.954. The smallest absolute Gasteiger partial charge is 0.462 e. The molecule has 0 amide bonds. The van der Waals surface area contributed by atoms with E-state index in [1.165, 1.54) is 19.3 Å². The molecule has 0 heterocycles. The van der Waals surface area contributed by atoms with Crippen LogP contribution >= 0.6 is 7.82 Å². The third kappa shape index (κ3) is 20.4. The maximum absolute atomic E-state index is 12.1. The number of carbonyl (C=O) groups excluding carboxylic acids is 2. The molecule has 0 bridgehead atoms. The molecule has 0 radical (unpaired) electrons. The van der Waals surface area contributed by atoms with Gasteiger partial charge < -0.3 is 24.6 Å². The second-order valence-electron chi connectivity index (χ2n) is 8.37. The topological polar surface area (TPSA) is 149 Å². The predicted octanol–water partition coefficient (Wildman–Crippen LogP) is 4.04. The van der Waals surface area contributed by atoms with Crippen molar-refractivity contribution < 1.29 is 47.8 Å². The molecule has 0 fully saturated rings. The van der Waals surface area contributed by atoms with Crippen LogP contribution < -0.4 is 0 Å². The lowest BCUT2D eigenvalue weighted by atomic mass is 10.1. The second-order valence-corrected chi connectivity index (χ2v) is 9.83. The zero-order valence-electron chi connectivity index (χ0n) is 20.8. The molecule has 0 aromatic carbocycles. The Kier molecular flexibility index (Phi) is 20.6. The molecule has 0 aromatic heterocycles. The molecule has 202 valence electrons. The highest BCUT2D eigenvalue weighted by Crippen LogP contribution is 2.43. The van der Waals surface area contributed by atoms with Crippen LogP contribution in [-0.4, -0.2) is 65.7 Å². The number of esters is 2. The number of aliphatic hydroxyl groups excluding tert-OH is 2. The number of carbonyl (C=O) groups is 2. The van der Waals surface area contributed by atoms with Gasteiger partial charge in [-0.15, -0.1) is 0 Å². The van der Waals surface area contributed by atoms with Crippen molar-refractivity contribution in [1.82, 2.24) is 0 Å². The summed E-state index contributed by atoms with van der Waals surface area (Å²) >= 11 is 0. The average Bonchev–Trinajstić information content (AvgIpc) is 2.81. The van der Waals surface area contributed by atoms with Gasteiger partial charge in [0.15, 0.2) is 6.10 Å². The second kappa shape index (κ2) is 21.3. The summed E-state index contributed by atoms with van der Waals surface area (Å²) < 4.78 is 31.8. The summed E-state index contributed by atoms with van der Waals surface area (Å²) in [6, 6.07) is 0. The van der Waals surface area contributed by atoms with Gasteiger partial charge in [-0.2, -0.15) is 0 Å². The maximum Gasteiger partial charge on any atom is 0.472 e. The van der Waals surface area contributed by atoms with Crippen molar-refractivity contribution in [3.05, 3.63) is 0 Å². The highest BCUT2D eigenvalue weighted by Gasteiger charge is 2.27. The highest BCUT2D eigenvalue weighted by molar-refractivity contribution is 7.47. The zero-order valence-corrected chi connectivity index (χ0v) is 21.7. The lowest BCUT2D eigenvalue weighted by Crippen LogP contribution is -2.29. The number of phosphoric acid groups is 1. The Hall–Kier alpha value is -1.03. The van der Waals surface area contributed by atoms with Gasteiger partial charge in [-0.05, 0) is 12.8 Å². The molecule has 1 unspecified atom stereocenters. The van der Waals surface area contributed by atoms with Crippen LogP contribution in [0, 0.1) is 0 Å². The highest BCUT2D eigenvalue weighted by atomic mass is 31.2. The summed E-state index contributed by atoms with van der Waals surface area (Å²) in [6.07, 6.45) is 9.01. The van der Waals surface area contributed by atoms with Crippen LogP contribution in [0.5, 0.6) is 0 Å². The first-order valence-electron chi connectivity index (χ1n) is 12.5. The molecule has 0 spiro atoms. The number of hydrogen-bond acceptors (Lipinski definition) is 9. The van der Waals surface area contributed by atoms with E-state index in [2.05, 4.69) is 18.4 Å². The van der Waals surface area contributed by atoms with Crippen molar-refractivity contribution in [2.45, 2.75) is 110 Å². The number of hydrogen-bond donors (Lipinski definition) is 3. The molecular formula is C23H45O10P. The maximum atomic E-state index is 12.1. The predicted molar refractivity (Wildman–Crippen MR) is 127 cm³/mol. The number of phosphoric ester groups is 1. The van der Waals surface area contributed by atoms with Crippen LogP contribution in [0.1, 0.15) is 97.3 Å². The van der Waals surface area contributed by atoms with E-state index < -0.39 is 51.8 Å². The Labute approximate surface area is 203 Å². The minimum atomic E-state index is -4.57. The molecule has 0 saturated heterocycles. The molecule has 3 N–H and O–H groups in total. The van der Waals surface area contributed by atoms with Crippen LogP contribution in [0.2, 0.25) is 0 Å². The number of ether oxygens (including phenoxy) is 2. The van der Waals surface area contributed by atoms with E-state index in [0.29, 0.717) is 12.8 Å². The number of rotatable bonds is 23.